The number of hydrogen-bond donors (Lipinski definition) is 1. The van der Waals surface area contributed by atoms with Gasteiger partial charge in [0.25, 0.3) is 0 Å². The lowest BCUT2D eigenvalue weighted by Gasteiger charge is -2.18. The first-order valence-electron chi connectivity index (χ1n) is 4.54. The summed E-state index contributed by atoms with van der Waals surface area (Å²) in [5.74, 6) is -0.404. The van der Waals surface area contributed by atoms with Crippen LogP contribution < -0.4 is 0 Å². The predicted molar refractivity (Wildman–Crippen MR) is 60.7 cm³/mol. The van der Waals surface area contributed by atoms with E-state index in [1.165, 1.54) is 18.9 Å². The van der Waals surface area contributed by atoms with E-state index in [4.69, 9.17) is 0 Å². The van der Waals surface area contributed by atoms with E-state index in [0.29, 0.717) is 0 Å². The van der Waals surface area contributed by atoms with Gasteiger partial charge in [-0.15, -0.1) is 11.8 Å². The molecule has 1 rings (SSSR count). The summed E-state index contributed by atoms with van der Waals surface area (Å²) in [6.07, 6.45) is 0.946. The molecule has 0 aliphatic rings. The molecule has 0 aliphatic heterocycles. The molecule has 4 heteroatoms. The van der Waals surface area contributed by atoms with E-state index in [1.54, 1.807) is 18.4 Å². The largest absolute Gasteiger partial charge is 0.468 e. The van der Waals surface area contributed by atoms with Crippen LogP contribution in [0.1, 0.15) is 11.7 Å². The number of aliphatic hydroxyl groups is 1. The van der Waals surface area contributed by atoms with Crippen LogP contribution in [0.15, 0.2) is 30.3 Å². The molecule has 2 atom stereocenters. The van der Waals surface area contributed by atoms with Crippen molar-refractivity contribution in [3.05, 3.63) is 35.9 Å². The molecule has 0 heterocycles. The molecule has 0 aromatic heterocycles. The molecule has 0 bridgehead atoms. The molecule has 0 spiro atoms. The third-order valence-corrected chi connectivity index (χ3v) is 3.07. The lowest BCUT2D eigenvalue weighted by Crippen LogP contribution is -2.26. The van der Waals surface area contributed by atoms with E-state index < -0.39 is 17.3 Å². The minimum atomic E-state index is -0.825. The van der Waals surface area contributed by atoms with Gasteiger partial charge in [0.05, 0.1) is 7.11 Å². The van der Waals surface area contributed by atoms with Crippen LogP contribution in [0.25, 0.3) is 0 Å². The Hall–Kier alpha value is -1.00. The van der Waals surface area contributed by atoms with Gasteiger partial charge >= 0.3 is 5.97 Å². The Balaban J connectivity index is 2.82. The van der Waals surface area contributed by atoms with Gasteiger partial charge in [0.1, 0.15) is 11.4 Å². The highest BCUT2D eigenvalue weighted by Crippen LogP contribution is 2.25. The maximum absolute atomic E-state index is 11.4. The van der Waals surface area contributed by atoms with E-state index in [9.17, 15) is 9.90 Å². The number of hydrogen-bond acceptors (Lipinski definition) is 4. The Kier molecular flexibility index (Phi) is 4.65. The molecular weight excluding hydrogens is 212 g/mol. The zero-order chi connectivity index (χ0) is 11.3. The van der Waals surface area contributed by atoms with Gasteiger partial charge in [0.2, 0.25) is 0 Å². The van der Waals surface area contributed by atoms with Crippen molar-refractivity contribution in [3.63, 3.8) is 0 Å². The number of aliphatic hydroxyl groups excluding tert-OH is 1. The molecule has 3 nitrogen and oxygen atoms in total. The Morgan fingerprint density at radius 1 is 1.40 bits per heavy atom. The molecule has 15 heavy (non-hydrogen) atoms. The summed E-state index contributed by atoms with van der Waals surface area (Å²) in [6.45, 7) is 0. The fourth-order valence-electron chi connectivity index (χ4n) is 1.30. The highest BCUT2D eigenvalue weighted by molar-refractivity contribution is 7.99. The topological polar surface area (TPSA) is 46.5 Å². The van der Waals surface area contributed by atoms with Crippen molar-refractivity contribution < 1.29 is 14.6 Å². The third kappa shape index (κ3) is 2.97. The third-order valence-electron chi connectivity index (χ3n) is 2.12. The molecule has 2 unspecified atom stereocenters. The van der Waals surface area contributed by atoms with Crippen molar-refractivity contribution in [3.8, 4) is 0 Å². The van der Waals surface area contributed by atoms with Gasteiger partial charge in [-0.1, -0.05) is 30.3 Å². The van der Waals surface area contributed by atoms with Gasteiger partial charge in [0, 0.05) is 0 Å². The van der Waals surface area contributed by atoms with Gasteiger partial charge in [-0.05, 0) is 11.8 Å². The first kappa shape index (κ1) is 12.1. The smallest absolute Gasteiger partial charge is 0.321 e. The average molecular weight is 226 g/mol. The number of carbonyl (C=O) groups excluding carboxylic acids is 1. The zero-order valence-electron chi connectivity index (χ0n) is 8.71. The van der Waals surface area contributed by atoms with Crippen molar-refractivity contribution in [1.29, 1.82) is 0 Å². The number of thioether (sulfide) groups is 1. The Bertz CT molecular complexity index is 313. The summed E-state index contributed by atoms with van der Waals surface area (Å²) in [5, 5.41) is 9.39. The average Bonchev–Trinajstić information content (AvgIpc) is 2.30. The summed E-state index contributed by atoms with van der Waals surface area (Å²) >= 11 is 1.28. The summed E-state index contributed by atoms with van der Waals surface area (Å²) in [4.78, 5) is 11.4. The van der Waals surface area contributed by atoms with Crippen LogP contribution in [0.5, 0.6) is 0 Å². The first-order chi connectivity index (χ1) is 7.20. The molecule has 0 saturated heterocycles. The Morgan fingerprint density at radius 2 is 2.00 bits per heavy atom. The summed E-state index contributed by atoms with van der Waals surface area (Å²) in [6, 6.07) is 9.09. The molecule has 0 fully saturated rings. The number of methoxy groups -OCH3 is 1. The zero-order valence-corrected chi connectivity index (χ0v) is 9.53. The molecule has 1 N–H and O–H groups in total. The highest BCUT2D eigenvalue weighted by atomic mass is 32.2. The van der Waals surface area contributed by atoms with E-state index >= 15 is 0 Å². The fraction of sp³-hybridized carbons (Fsp3) is 0.364. The molecule has 0 aliphatic carbocycles. The molecule has 0 saturated carbocycles. The minimum Gasteiger partial charge on any atom is -0.468 e. The molecule has 0 radical (unpaired) electrons. The number of ether oxygens (including phenoxy) is 1. The van der Waals surface area contributed by atoms with Gasteiger partial charge in [0.15, 0.2) is 0 Å². The van der Waals surface area contributed by atoms with E-state index in [-0.39, 0.29) is 0 Å². The molecule has 82 valence electrons. The van der Waals surface area contributed by atoms with Crippen LogP contribution in [0.2, 0.25) is 0 Å². The van der Waals surface area contributed by atoms with Gasteiger partial charge in [-0.3, -0.25) is 4.79 Å². The quantitative estimate of drug-likeness (QED) is 0.793. The molecular formula is C11H14O3S. The van der Waals surface area contributed by atoms with Crippen molar-refractivity contribution in [2.75, 3.05) is 13.4 Å². The first-order valence-corrected chi connectivity index (χ1v) is 5.83. The summed E-state index contributed by atoms with van der Waals surface area (Å²) in [7, 11) is 1.32. The van der Waals surface area contributed by atoms with Crippen LogP contribution in [0.4, 0.5) is 0 Å². The standard InChI is InChI=1S/C11H14O3S/c1-14-11(13)10(15-2)9(12)8-6-4-3-5-7-8/h3-7,9-10,12H,1-2H3. The molecule has 1 aromatic carbocycles. The SMILES string of the molecule is COC(=O)C(SC)C(O)c1ccccc1. The maximum atomic E-state index is 11.4. The second-order valence-corrected chi connectivity index (χ2v) is 4.01. The number of rotatable bonds is 4. The Morgan fingerprint density at radius 3 is 2.47 bits per heavy atom. The summed E-state index contributed by atoms with van der Waals surface area (Å²) in [5.41, 5.74) is 0.724. The molecule has 1 aromatic rings. The highest BCUT2D eigenvalue weighted by Gasteiger charge is 2.27. The van der Waals surface area contributed by atoms with Crippen molar-refractivity contribution in [1.82, 2.24) is 0 Å². The van der Waals surface area contributed by atoms with Gasteiger partial charge < -0.3 is 9.84 Å². The van der Waals surface area contributed by atoms with Gasteiger partial charge in [-0.2, -0.15) is 0 Å². The number of benzene rings is 1. The molecule has 0 amide bonds. The second-order valence-electron chi connectivity index (χ2n) is 3.03. The van der Waals surface area contributed by atoms with Crippen molar-refractivity contribution in [2.24, 2.45) is 0 Å². The van der Waals surface area contributed by atoms with Gasteiger partial charge in [-0.25, -0.2) is 0 Å². The predicted octanol–water partition coefficient (Wildman–Crippen LogP) is 1.62. The minimum absolute atomic E-state index is 0.404. The van der Waals surface area contributed by atoms with E-state index in [1.807, 2.05) is 18.2 Å². The number of carbonyl (C=O) groups is 1. The van der Waals surface area contributed by atoms with Crippen LogP contribution in [-0.2, 0) is 9.53 Å². The monoisotopic (exact) mass is 226 g/mol. The lowest BCUT2D eigenvalue weighted by molar-refractivity contribution is -0.142. The van der Waals surface area contributed by atoms with Crippen LogP contribution >= 0.6 is 11.8 Å². The second kappa shape index (κ2) is 5.78. The van der Waals surface area contributed by atoms with Crippen LogP contribution in [-0.4, -0.2) is 29.7 Å². The van der Waals surface area contributed by atoms with E-state index in [2.05, 4.69) is 4.74 Å². The maximum Gasteiger partial charge on any atom is 0.321 e. The van der Waals surface area contributed by atoms with Crippen LogP contribution in [0.3, 0.4) is 0 Å². The van der Waals surface area contributed by atoms with E-state index in [0.717, 1.165) is 5.56 Å². The van der Waals surface area contributed by atoms with Crippen molar-refractivity contribution in [2.45, 2.75) is 11.4 Å². The normalized spacial score (nSPS) is 14.3. The summed E-state index contributed by atoms with van der Waals surface area (Å²) < 4.78 is 4.63. The Labute approximate surface area is 93.4 Å². The lowest BCUT2D eigenvalue weighted by atomic mass is 10.1. The number of esters is 1. The van der Waals surface area contributed by atoms with Crippen LogP contribution in [0, 0.1) is 0 Å². The van der Waals surface area contributed by atoms with Crippen molar-refractivity contribution >= 4 is 17.7 Å². The fourth-order valence-corrected chi connectivity index (χ4v) is 2.00.